The predicted molar refractivity (Wildman–Crippen MR) is 137 cm³/mol. The fraction of sp³-hybridized carbons (Fsp3) is 0.167. The van der Waals surface area contributed by atoms with Crippen molar-refractivity contribution in [1.29, 1.82) is 0 Å². The van der Waals surface area contributed by atoms with Gasteiger partial charge in [-0.05, 0) is 61.5 Å². The minimum atomic E-state index is -3.99. The van der Waals surface area contributed by atoms with Crippen molar-refractivity contribution in [3.8, 4) is 5.75 Å². The van der Waals surface area contributed by atoms with E-state index in [1.807, 2.05) is 6.92 Å². The molecule has 0 spiro atoms. The molecule has 0 aliphatic carbocycles. The van der Waals surface area contributed by atoms with Gasteiger partial charge < -0.3 is 10.1 Å². The second kappa shape index (κ2) is 9.03. The second-order valence-corrected chi connectivity index (χ2v) is 11.1. The Labute approximate surface area is 210 Å². The molecule has 180 valence electrons. The Morgan fingerprint density at radius 2 is 1.89 bits per heavy atom. The number of anilines is 2. The zero-order valence-electron chi connectivity index (χ0n) is 18.5. The molecular weight excluding hydrogens is 510 g/mol. The number of amides is 1. The van der Waals surface area contributed by atoms with Gasteiger partial charge in [-0.15, -0.1) is 0 Å². The standard InChI is InChI=1S/C24H20ClN3O5S2/c1-2-27-19-12-9-16(13-22(19)34-24(27)30)26-23(29)21-14-28(18-5-3-4-6-20(18)33-21)35(31,32)17-10-7-15(25)8-11-17/h3-13,21H,2,14H2,1H3,(H,26,29)/t21-/m1/s1. The number of fused-ring (bicyclic) bond motifs is 2. The van der Waals surface area contributed by atoms with Gasteiger partial charge in [-0.3, -0.25) is 18.5 Å². The van der Waals surface area contributed by atoms with E-state index in [-0.39, 0.29) is 22.1 Å². The number of nitrogens with one attached hydrogen (secondary N) is 1. The predicted octanol–water partition coefficient (Wildman–Crippen LogP) is 4.33. The van der Waals surface area contributed by atoms with Crippen LogP contribution in [0, 0.1) is 0 Å². The third kappa shape index (κ3) is 4.29. The molecule has 1 aliphatic rings. The molecule has 0 bridgehead atoms. The van der Waals surface area contributed by atoms with Gasteiger partial charge in [-0.2, -0.15) is 0 Å². The highest BCUT2D eigenvalue weighted by molar-refractivity contribution is 7.92. The summed E-state index contributed by atoms with van der Waals surface area (Å²) in [6.07, 6.45) is -1.10. The number of hydrogen-bond donors (Lipinski definition) is 1. The van der Waals surface area contributed by atoms with Crippen LogP contribution < -0.4 is 19.2 Å². The summed E-state index contributed by atoms with van der Waals surface area (Å²) in [5.41, 5.74) is 1.63. The summed E-state index contributed by atoms with van der Waals surface area (Å²) >= 11 is 7.03. The summed E-state index contributed by atoms with van der Waals surface area (Å²) in [5, 5.41) is 3.21. The van der Waals surface area contributed by atoms with E-state index in [2.05, 4.69) is 5.32 Å². The van der Waals surface area contributed by atoms with Crippen LogP contribution in [-0.4, -0.2) is 31.5 Å². The molecule has 8 nitrogen and oxygen atoms in total. The first-order valence-electron chi connectivity index (χ1n) is 10.8. The van der Waals surface area contributed by atoms with Crippen molar-refractivity contribution in [3.63, 3.8) is 0 Å². The molecule has 1 N–H and O–H groups in total. The lowest BCUT2D eigenvalue weighted by Crippen LogP contribution is -2.48. The fourth-order valence-electron chi connectivity index (χ4n) is 3.97. The van der Waals surface area contributed by atoms with E-state index in [0.717, 1.165) is 21.6 Å². The fourth-order valence-corrected chi connectivity index (χ4v) is 6.56. The van der Waals surface area contributed by atoms with Gasteiger partial charge in [0.2, 0.25) is 0 Å². The number of thiazole rings is 1. The molecule has 11 heteroatoms. The van der Waals surface area contributed by atoms with Gasteiger partial charge in [0.1, 0.15) is 5.75 Å². The van der Waals surface area contributed by atoms with Gasteiger partial charge in [0.05, 0.1) is 27.3 Å². The Kier molecular flexibility index (Phi) is 6.04. The summed E-state index contributed by atoms with van der Waals surface area (Å²) in [5.74, 6) is -0.220. The van der Waals surface area contributed by atoms with Crippen molar-refractivity contribution in [2.24, 2.45) is 0 Å². The molecule has 0 saturated heterocycles. The zero-order valence-corrected chi connectivity index (χ0v) is 20.9. The zero-order chi connectivity index (χ0) is 24.7. The molecule has 1 atom stereocenters. The van der Waals surface area contributed by atoms with Crippen LogP contribution in [0.1, 0.15) is 6.92 Å². The van der Waals surface area contributed by atoms with Gasteiger partial charge >= 0.3 is 4.87 Å². The Morgan fingerprint density at radius 1 is 1.14 bits per heavy atom. The molecular formula is C24H20ClN3O5S2. The van der Waals surface area contributed by atoms with E-state index in [1.165, 1.54) is 28.6 Å². The Balaban J connectivity index is 1.45. The third-order valence-electron chi connectivity index (χ3n) is 5.68. The summed E-state index contributed by atoms with van der Waals surface area (Å²) < 4.78 is 36.4. The summed E-state index contributed by atoms with van der Waals surface area (Å²) in [4.78, 5) is 25.3. The SMILES string of the molecule is CCn1c(=O)sc2cc(NC(=O)[C@H]3CN(S(=O)(=O)c4ccc(Cl)cc4)c4ccccc4O3)ccc21. The largest absolute Gasteiger partial charge is 0.476 e. The highest BCUT2D eigenvalue weighted by Crippen LogP contribution is 2.37. The number of carbonyl (C=O) groups is 1. The smallest absolute Gasteiger partial charge is 0.308 e. The van der Waals surface area contributed by atoms with E-state index in [0.29, 0.717) is 22.9 Å². The van der Waals surface area contributed by atoms with Gasteiger partial charge in [0.25, 0.3) is 15.9 Å². The molecule has 0 radical (unpaired) electrons. The molecule has 0 unspecified atom stereocenters. The van der Waals surface area contributed by atoms with E-state index in [1.54, 1.807) is 47.0 Å². The first-order chi connectivity index (χ1) is 16.8. The van der Waals surface area contributed by atoms with Crippen LogP contribution in [-0.2, 0) is 21.4 Å². The lowest BCUT2D eigenvalue weighted by molar-refractivity contribution is -0.122. The molecule has 5 rings (SSSR count). The maximum absolute atomic E-state index is 13.5. The normalized spacial score (nSPS) is 15.5. The lowest BCUT2D eigenvalue weighted by atomic mass is 10.2. The lowest BCUT2D eigenvalue weighted by Gasteiger charge is -2.34. The minimum absolute atomic E-state index is 0.0542. The monoisotopic (exact) mass is 529 g/mol. The highest BCUT2D eigenvalue weighted by atomic mass is 35.5. The number of nitrogens with zero attached hydrogens (tertiary/aromatic N) is 2. The molecule has 1 aromatic heterocycles. The van der Waals surface area contributed by atoms with Crippen LogP contribution >= 0.6 is 22.9 Å². The van der Waals surface area contributed by atoms with Crippen molar-refractivity contribution in [2.75, 3.05) is 16.2 Å². The van der Waals surface area contributed by atoms with Crippen molar-refractivity contribution in [2.45, 2.75) is 24.5 Å². The first-order valence-corrected chi connectivity index (χ1v) is 13.4. The van der Waals surface area contributed by atoms with Gasteiger partial charge in [-0.25, -0.2) is 8.42 Å². The maximum atomic E-state index is 13.5. The minimum Gasteiger partial charge on any atom is -0.476 e. The van der Waals surface area contributed by atoms with E-state index < -0.39 is 22.0 Å². The number of hydrogen-bond acceptors (Lipinski definition) is 6. The van der Waals surface area contributed by atoms with Crippen LogP contribution in [0.3, 0.4) is 0 Å². The van der Waals surface area contributed by atoms with Crippen LogP contribution in [0.5, 0.6) is 5.75 Å². The molecule has 0 fully saturated rings. The second-order valence-electron chi connectivity index (χ2n) is 7.85. The number of ether oxygens (including phenoxy) is 1. The third-order valence-corrected chi connectivity index (χ3v) is 8.67. The van der Waals surface area contributed by atoms with E-state index in [4.69, 9.17) is 16.3 Å². The van der Waals surface area contributed by atoms with Crippen molar-refractivity contribution >= 4 is 60.5 Å². The summed E-state index contributed by atoms with van der Waals surface area (Å²) in [6.45, 7) is 2.23. The number of carbonyl (C=O) groups excluding carboxylic acids is 1. The van der Waals surface area contributed by atoms with E-state index >= 15 is 0 Å². The Morgan fingerprint density at radius 3 is 2.63 bits per heavy atom. The maximum Gasteiger partial charge on any atom is 0.308 e. The van der Waals surface area contributed by atoms with Crippen molar-refractivity contribution in [1.82, 2.24) is 4.57 Å². The topological polar surface area (TPSA) is 97.7 Å². The number of aromatic nitrogens is 1. The Hall–Kier alpha value is -3.34. The molecule has 1 aliphatic heterocycles. The summed E-state index contributed by atoms with van der Waals surface area (Å²) in [6, 6.07) is 17.7. The number of aryl methyl sites for hydroxylation is 1. The molecule has 0 saturated carbocycles. The average Bonchev–Trinajstić information content (AvgIpc) is 3.17. The van der Waals surface area contributed by atoms with Crippen LogP contribution in [0.2, 0.25) is 5.02 Å². The molecule has 4 aromatic rings. The van der Waals surface area contributed by atoms with Crippen LogP contribution in [0.15, 0.2) is 76.4 Å². The quantitative estimate of drug-likeness (QED) is 0.415. The van der Waals surface area contributed by atoms with Crippen molar-refractivity contribution < 1.29 is 17.9 Å². The van der Waals surface area contributed by atoms with Gasteiger partial charge in [0, 0.05) is 17.3 Å². The molecule has 35 heavy (non-hydrogen) atoms. The average molecular weight is 530 g/mol. The van der Waals surface area contributed by atoms with Crippen molar-refractivity contribution in [3.05, 3.63) is 81.4 Å². The summed E-state index contributed by atoms with van der Waals surface area (Å²) in [7, 11) is -3.99. The number of sulfonamides is 1. The highest BCUT2D eigenvalue weighted by Gasteiger charge is 2.37. The first kappa shape index (κ1) is 23.4. The number of halogens is 1. The molecule has 3 aromatic carbocycles. The van der Waals surface area contributed by atoms with Crippen LogP contribution in [0.25, 0.3) is 10.2 Å². The molecule has 1 amide bonds. The van der Waals surface area contributed by atoms with Gasteiger partial charge in [-0.1, -0.05) is 35.1 Å². The van der Waals surface area contributed by atoms with Gasteiger partial charge in [0.15, 0.2) is 6.10 Å². The van der Waals surface area contributed by atoms with E-state index in [9.17, 15) is 18.0 Å². The Bertz CT molecular complexity index is 1600. The molecule has 2 heterocycles. The number of benzene rings is 3. The van der Waals surface area contributed by atoms with Crippen LogP contribution in [0.4, 0.5) is 11.4 Å². The number of para-hydroxylation sites is 2. The number of rotatable bonds is 5.